The molecule has 0 aliphatic heterocycles. The number of halogens is 2. The van der Waals surface area contributed by atoms with Crippen LogP contribution in [0.4, 0.5) is 14.5 Å². The number of aromatic nitrogens is 2. The SMILES string of the molecule is O=C(Nc1ccc(F)cc1F)c1coc(-c2ccccn2)n1. The van der Waals surface area contributed by atoms with Gasteiger partial charge in [0.2, 0.25) is 5.89 Å². The molecule has 2 aromatic heterocycles. The molecular weight excluding hydrogens is 292 g/mol. The average molecular weight is 301 g/mol. The highest BCUT2D eigenvalue weighted by atomic mass is 19.1. The number of nitrogens with one attached hydrogen (secondary N) is 1. The molecule has 0 radical (unpaired) electrons. The van der Waals surface area contributed by atoms with Crippen LogP contribution in [-0.4, -0.2) is 15.9 Å². The summed E-state index contributed by atoms with van der Waals surface area (Å²) in [5.74, 6) is -2.10. The molecule has 1 N–H and O–H groups in total. The maximum absolute atomic E-state index is 13.5. The van der Waals surface area contributed by atoms with Gasteiger partial charge in [0.1, 0.15) is 23.6 Å². The fourth-order valence-electron chi connectivity index (χ4n) is 1.76. The van der Waals surface area contributed by atoms with E-state index < -0.39 is 17.5 Å². The molecule has 2 heterocycles. The zero-order valence-electron chi connectivity index (χ0n) is 11.1. The van der Waals surface area contributed by atoms with Crippen molar-refractivity contribution in [2.45, 2.75) is 0 Å². The van der Waals surface area contributed by atoms with Crippen LogP contribution >= 0.6 is 0 Å². The van der Waals surface area contributed by atoms with Gasteiger partial charge in [-0.25, -0.2) is 13.8 Å². The Morgan fingerprint density at radius 1 is 1.18 bits per heavy atom. The molecule has 7 heteroatoms. The zero-order chi connectivity index (χ0) is 15.5. The number of nitrogens with zero attached hydrogens (tertiary/aromatic N) is 2. The molecule has 3 rings (SSSR count). The monoisotopic (exact) mass is 301 g/mol. The van der Waals surface area contributed by atoms with E-state index in [1.807, 2.05) is 0 Å². The van der Waals surface area contributed by atoms with Crippen LogP contribution in [0.2, 0.25) is 0 Å². The molecule has 0 fully saturated rings. The molecular formula is C15H9F2N3O2. The van der Waals surface area contributed by atoms with Crippen LogP contribution in [0, 0.1) is 11.6 Å². The fourth-order valence-corrected chi connectivity index (χ4v) is 1.76. The van der Waals surface area contributed by atoms with Crippen LogP contribution in [0.15, 0.2) is 53.3 Å². The van der Waals surface area contributed by atoms with Gasteiger partial charge in [-0.3, -0.25) is 9.78 Å². The van der Waals surface area contributed by atoms with E-state index in [1.165, 1.54) is 0 Å². The highest BCUT2D eigenvalue weighted by molar-refractivity contribution is 6.02. The second-order valence-corrected chi connectivity index (χ2v) is 4.33. The van der Waals surface area contributed by atoms with Gasteiger partial charge < -0.3 is 9.73 Å². The summed E-state index contributed by atoms with van der Waals surface area (Å²) in [6.45, 7) is 0. The number of amides is 1. The lowest BCUT2D eigenvalue weighted by atomic mass is 10.3. The summed E-state index contributed by atoms with van der Waals surface area (Å²) in [6.07, 6.45) is 2.70. The van der Waals surface area contributed by atoms with Crippen molar-refractivity contribution < 1.29 is 18.0 Å². The van der Waals surface area contributed by atoms with Gasteiger partial charge in [-0.2, -0.15) is 0 Å². The van der Waals surface area contributed by atoms with Crippen LogP contribution in [0.25, 0.3) is 11.6 Å². The number of hydrogen-bond donors (Lipinski definition) is 1. The Bertz CT molecular complexity index is 819. The molecule has 0 saturated heterocycles. The average Bonchev–Trinajstić information content (AvgIpc) is 3.01. The third-order valence-corrected chi connectivity index (χ3v) is 2.80. The summed E-state index contributed by atoms with van der Waals surface area (Å²) in [6, 6.07) is 8.01. The third-order valence-electron chi connectivity index (χ3n) is 2.80. The Hall–Kier alpha value is -3.09. The smallest absolute Gasteiger partial charge is 0.277 e. The maximum atomic E-state index is 13.5. The molecule has 1 amide bonds. The van der Waals surface area contributed by atoms with Gasteiger partial charge in [0, 0.05) is 12.3 Å². The Morgan fingerprint density at radius 3 is 2.77 bits per heavy atom. The van der Waals surface area contributed by atoms with Gasteiger partial charge in [0.05, 0.1) is 5.69 Å². The number of carbonyl (C=O) groups excluding carboxylic acids is 1. The van der Waals surface area contributed by atoms with Crippen LogP contribution in [0.1, 0.15) is 10.5 Å². The van der Waals surface area contributed by atoms with Crippen molar-refractivity contribution in [2.24, 2.45) is 0 Å². The van der Waals surface area contributed by atoms with Crippen molar-refractivity contribution in [1.82, 2.24) is 9.97 Å². The lowest BCUT2D eigenvalue weighted by Gasteiger charge is -2.03. The summed E-state index contributed by atoms with van der Waals surface area (Å²) in [5.41, 5.74) is 0.285. The molecule has 0 bridgehead atoms. The van der Waals surface area contributed by atoms with Crippen molar-refractivity contribution in [2.75, 3.05) is 5.32 Å². The molecule has 0 unspecified atom stereocenters. The highest BCUT2D eigenvalue weighted by Crippen LogP contribution is 2.18. The first-order valence-corrected chi connectivity index (χ1v) is 6.27. The summed E-state index contributed by atoms with van der Waals surface area (Å²) in [5, 5.41) is 2.29. The first kappa shape index (κ1) is 13.9. The molecule has 1 aromatic carbocycles. The lowest BCUT2D eigenvalue weighted by Crippen LogP contribution is -2.13. The Kier molecular flexibility index (Phi) is 3.61. The Labute approximate surface area is 123 Å². The predicted octanol–water partition coefficient (Wildman–Crippen LogP) is 3.27. The number of rotatable bonds is 3. The van der Waals surface area contributed by atoms with Crippen LogP contribution < -0.4 is 5.32 Å². The first-order valence-electron chi connectivity index (χ1n) is 6.27. The Morgan fingerprint density at radius 2 is 2.05 bits per heavy atom. The van der Waals surface area contributed by atoms with E-state index in [9.17, 15) is 13.6 Å². The summed E-state index contributed by atoms with van der Waals surface area (Å²) >= 11 is 0. The highest BCUT2D eigenvalue weighted by Gasteiger charge is 2.15. The molecule has 0 spiro atoms. The van der Waals surface area contributed by atoms with Crippen molar-refractivity contribution >= 4 is 11.6 Å². The lowest BCUT2D eigenvalue weighted by molar-refractivity contribution is 0.102. The van der Waals surface area contributed by atoms with Gasteiger partial charge in [-0.15, -0.1) is 0 Å². The molecule has 110 valence electrons. The first-order chi connectivity index (χ1) is 10.6. The normalized spacial score (nSPS) is 10.5. The number of oxazole rings is 1. The minimum Gasteiger partial charge on any atom is -0.442 e. The molecule has 5 nitrogen and oxygen atoms in total. The zero-order valence-corrected chi connectivity index (χ0v) is 11.1. The number of benzene rings is 1. The van der Waals surface area contributed by atoms with Crippen molar-refractivity contribution in [3.8, 4) is 11.6 Å². The molecule has 0 atom stereocenters. The van der Waals surface area contributed by atoms with Gasteiger partial charge in [-0.05, 0) is 24.3 Å². The second-order valence-electron chi connectivity index (χ2n) is 4.33. The van der Waals surface area contributed by atoms with Crippen LogP contribution in [-0.2, 0) is 0 Å². The number of pyridine rings is 1. The minimum absolute atomic E-state index is 0.0376. The van der Waals surface area contributed by atoms with E-state index in [0.29, 0.717) is 11.8 Å². The maximum Gasteiger partial charge on any atom is 0.277 e. The van der Waals surface area contributed by atoms with Crippen LogP contribution in [0.3, 0.4) is 0 Å². The Balaban J connectivity index is 1.80. The summed E-state index contributed by atoms with van der Waals surface area (Å²) < 4.78 is 31.5. The predicted molar refractivity (Wildman–Crippen MR) is 74.0 cm³/mol. The molecule has 22 heavy (non-hydrogen) atoms. The van der Waals surface area contributed by atoms with Gasteiger partial charge >= 0.3 is 0 Å². The van der Waals surface area contributed by atoms with Crippen LogP contribution in [0.5, 0.6) is 0 Å². The van der Waals surface area contributed by atoms with E-state index in [0.717, 1.165) is 18.4 Å². The van der Waals surface area contributed by atoms with Crippen molar-refractivity contribution in [1.29, 1.82) is 0 Å². The number of hydrogen-bond acceptors (Lipinski definition) is 4. The van der Waals surface area contributed by atoms with E-state index in [-0.39, 0.29) is 17.3 Å². The van der Waals surface area contributed by atoms with Gasteiger partial charge in [0.15, 0.2) is 5.69 Å². The largest absolute Gasteiger partial charge is 0.442 e. The van der Waals surface area contributed by atoms with E-state index >= 15 is 0 Å². The summed E-state index contributed by atoms with van der Waals surface area (Å²) in [4.78, 5) is 20.0. The molecule has 0 saturated carbocycles. The van der Waals surface area contributed by atoms with Gasteiger partial charge in [0.25, 0.3) is 5.91 Å². The number of carbonyl (C=O) groups is 1. The summed E-state index contributed by atoms with van der Waals surface area (Å²) in [7, 11) is 0. The van der Waals surface area contributed by atoms with E-state index in [2.05, 4.69) is 15.3 Å². The van der Waals surface area contributed by atoms with Crippen molar-refractivity contribution in [3.63, 3.8) is 0 Å². The topological polar surface area (TPSA) is 68.0 Å². The third kappa shape index (κ3) is 2.83. The molecule has 0 aliphatic carbocycles. The van der Waals surface area contributed by atoms with Crippen molar-refractivity contribution in [3.05, 3.63) is 66.2 Å². The molecule has 3 aromatic rings. The van der Waals surface area contributed by atoms with Gasteiger partial charge in [-0.1, -0.05) is 6.07 Å². The quantitative estimate of drug-likeness (QED) is 0.806. The molecule has 0 aliphatic rings. The van der Waals surface area contributed by atoms with E-state index in [1.54, 1.807) is 24.4 Å². The van der Waals surface area contributed by atoms with E-state index in [4.69, 9.17) is 4.42 Å². The second kappa shape index (κ2) is 5.72. The standard InChI is InChI=1S/C15H9F2N3O2/c16-9-4-5-11(10(17)7-9)19-14(21)13-8-22-15(20-13)12-3-1-2-6-18-12/h1-8H,(H,19,21). The minimum atomic E-state index is -0.873. The number of anilines is 1. The fraction of sp³-hybridized carbons (Fsp3) is 0.